The van der Waals surface area contributed by atoms with E-state index in [9.17, 15) is 24.9 Å². The van der Waals surface area contributed by atoms with Gasteiger partial charge in [-0.15, -0.1) is 0 Å². The predicted octanol–water partition coefficient (Wildman–Crippen LogP) is 0.0659. The van der Waals surface area contributed by atoms with Crippen molar-refractivity contribution in [2.45, 2.75) is 12.2 Å². The number of hydrogen-bond acceptors (Lipinski definition) is 7. The number of methoxy groups -OCH3 is 2. The molecule has 0 bridgehead atoms. The highest BCUT2D eigenvalue weighted by atomic mass is 16.5. The summed E-state index contributed by atoms with van der Waals surface area (Å²) < 4.78 is 9.22. The quantitative estimate of drug-likeness (QED) is 0.428. The summed E-state index contributed by atoms with van der Waals surface area (Å²) in [5, 5.41) is 38.2. The van der Waals surface area contributed by atoms with E-state index < -0.39 is 29.9 Å². The molecule has 2 unspecified atom stereocenters. The first-order valence-electron chi connectivity index (χ1n) is 6.07. The number of carbonyl (C=O) groups is 2. The number of benzene rings is 1. The molecule has 2 atom stereocenters. The second-order valence-electron chi connectivity index (χ2n) is 4.25. The largest absolute Gasteiger partial charge is 0.504 e. The van der Waals surface area contributed by atoms with Crippen LogP contribution >= 0.6 is 0 Å². The molecule has 0 saturated heterocycles. The summed E-state index contributed by atoms with van der Waals surface area (Å²) in [6, 6.07) is 2.55. The lowest BCUT2D eigenvalue weighted by molar-refractivity contribution is -0.156. The minimum atomic E-state index is -1.92. The average Bonchev–Trinajstić information content (AvgIpc) is 2.51. The molecule has 0 radical (unpaired) electrons. The maximum absolute atomic E-state index is 11.3. The van der Waals surface area contributed by atoms with Crippen LogP contribution < -0.4 is 4.74 Å². The summed E-state index contributed by atoms with van der Waals surface area (Å²) in [4.78, 5) is 21.8. The molecule has 8 heteroatoms. The highest BCUT2D eigenvalue weighted by Gasteiger charge is 2.29. The standard InChI is InChI=1S/C14H16O8/c1-21-9-6-7(3-4-10(15)16)5-8(11(9)17)12(18)13(19)14(20)22-2/h3-6,12-13,17-19H,1-2H3,(H,15,16). The third-order valence-electron chi connectivity index (χ3n) is 2.83. The molecule has 0 aliphatic carbocycles. The lowest BCUT2D eigenvalue weighted by Crippen LogP contribution is -2.29. The third-order valence-corrected chi connectivity index (χ3v) is 2.83. The van der Waals surface area contributed by atoms with E-state index >= 15 is 0 Å². The van der Waals surface area contributed by atoms with E-state index in [0.29, 0.717) is 0 Å². The monoisotopic (exact) mass is 312 g/mol. The third kappa shape index (κ3) is 3.96. The van der Waals surface area contributed by atoms with Gasteiger partial charge in [-0.3, -0.25) is 0 Å². The van der Waals surface area contributed by atoms with Gasteiger partial charge >= 0.3 is 11.9 Å². The van der Waals surface area contributed by atoms with Gasteiger partial charge in [0, 0.05) is 11.6 Å². The van der Waals surface area contributed by atoms with E-state index in [1.54, 1.807) is 0 Å². The second-order valence-corrected chi connectivity index (χ2v) is 4.25. The van der Waals surface area contributed by atoms with E-state index in [4.69, 9.17) is 9.84 Å². The minimum absolute atomic E-state index is 0.0568. The Morgan fingerprint density at radius 2 is 1.86 bits per heavy atom. The van der Waals surface area contributed by atoms with Crippen LogP contribution in [-0.2, 0) is 14.3 Å². The zero-order valence-electron chi connectivity index (χ0n) is 11.9. The number of hydrogen-bond donors (Lipinski definition) is 4. The SMILES string of the molecule is COC(=O)C(O)C(O)c1cc(C=CC(=O)O)cc(OC)c1O. The van der Waals surface area contributed by atoms with E-state index in [-0.39, 0.29) is 16.9 Å². The molecule has 0 fully saturated rings. The number of aliphatic carboxylic acids is 1. The molecule has 0 amide bonds. The van der Waals surface area contributed by atoms with Crippen molar-refractivity contribution >= 4 is 18.0 Å². The van der Waals surface area contributed by atoms with Crippen molar-refractivity contribution in [3.63, 3.8) is 0 Å². The Hall–Kier alpha value is -2.58. The maximum Gasteiger partial charge on any atom is 0.337 e. The second kappa shape index (κ2) is 7.43. The van der Waals surface area contributed by atoms with Crippen LogP contribution in [0.4, 0.5) is 0 Å². The van der Waals surface area contributed by atoms with Crippen LogP contribution in [0.2, 0.25) is 0 Å². The van der Waals surface area contributed by atoms with Crippen molar-refractivity contribution in [3.05, 3.63) is 29.3 Å². The first-order chi connectivity index (χ1) is 10.3. The number of ether oxygens (including phenoxy) is 2. The molecule has 1 aromatic carbocycles. The molecule has 0 spiro atoms. The van der Waals surface area contributed by atoms with Crippen LogP contribution in [0.25, 0.3) is 6.08 Å². The Bertz CT molecular complexity index is 593. The number of carboxylic acid groups (broad SMARTS) is 1. The Labute approximate surface area is 125 Å². The number of phenols is 1. The molecule has 22 heavy (non-hydrogen) atoms. The summed E-state index contributed by atoms with van der Waals surface area (Å²) >= 11 is 0. The van der Waals surface area contributed by atoms with Gasteiger partial charge in [0.15, 0.2) is 17.6 Å². The molecular weight excluding hydrogens is 296 g/mol. The molecule has 0 heterocycles. The number of carboxylic acids is 1. The fourth-order valence-corrected chi connectivity index (χ4v) is 1.72. The highest BCUT2D eigenvalue weighted by molar-refractivity contribution is 5.85. The van der Waals surface area contributed by atoms with Crippen molar-refractivity contribution in [3.8, 4) is 11.5 Å². The van der Waals surface area contributed by atoms with Crippen LogP contribution in [0.1, 0.15) is 17.2 Å². The average molecular weight is 312 g/mol. The van der Waals surface area contributed by atoms with Gasteiger partial charge in [0.25, 0.3) is 0 Å². The molecule has 0 aliphatic rings. The van der Waals surface area contributed by atoms with Crippen LogP contribution in [0.3, 0.4) is 0 Å². The number of rotatable bonds is 6. The number of aromatic hydroxyl groups is 1. The molecule has 1 aromatic rings. The fraction of sp³-hybridized carbons (Fsp3) is 0.286. The summed E-state index contributed by atoms with van der Waals surface area (Å²) in [7, 11) is 2.29. The Morgan fingerprint density at radius 1 is 1.23 bits per heavy atom. The summed E-state index contributed by atoms with van der Waals surface area (Å²) in [6.45, 7) is 0. The molecule has 0 aromatic heterocycles. The molecule has 0 aliphatic heterocycles. The maximum atomic E-state index is 11.3. The topological polar surface area (TPSA) is 134 Å². The summed E-state index contributed by atoms with van der Waals surface area (Å²) in [5.74, 6) is -2.81. The number of carbonyl (C=O) groups excluding carboxylic acids is 1. The van der Waals surface area contributed by atoms with Crippen molar-refractivity contribution in [1.29, 1.82) is 0 Å². The Balaban J connectivity index is 3.30. The highest BCUT2D eigenvalue weighted by Crippen LogP contribution is 2.36. The molecule has 8 nitrogen and oxygen atoms in total. The van der Waals surface area contributed by atoms with Gasteiger partial charge in [0.2, 0.25) is 0 Å². The summed E-state index contributed by atoms with van der Waals surface area (Å²) in [6.07, 6.45) is -1.65. The van der Waals surface area contributed by atoms with Gasteiger partial charge in [-0.2, -0.15) is 0 Å². The van der Waals surface area contributed by atoms with Crippen molar-refractivity contribution in [2.24, 2.45) is 0 Å². The molecule has 1 rings (SSSR count). The van der Waals surface area contributed by atoms with Gasteiger partial charge in [0.1, 0.15) is 6.10 Å². The number of aliphatic hydroxyl groups excluding tert-OH is 2. The summed E-state index contributed by atoms with van der Waals surface area (Å²) in [5.41, 5.74) is 0.0745. The van der Waals surface area contributed by atoms with Gasteiger partial charge in [-0.1, -0.05) is 0 Å². The lowest BCUT2D eigenvalue weighted by Gasteiger charge is -2.19. The number of aliphatic hydroxyl groups is 2. The normalized spacial score (nSPS) is 13.6. The van der Waals surface area contributed by atoms with Crippen molar-refractivity contribution in [2.75, 3.05) is 14.2 Å². The smallest absolute Gasteiger partial charge is 0.337 e. The molecule has 4 N–H and O–H groups in total. The zero-order valence-corrected chi connectivity index (χ0v) is 11.9. The van der Waals surface area contributed by atoms with Crippen LogP contribution in [-0.4, -0.2) is 52.7 Å². The number of esters is 1. The van der Waals surface area contributed by atoms with E-state index in [0.717, 1.165) is 13.2 Å². The molecular formula is C14H16O8. The predicted molar refractivity (Wildman–Crippen MR) is 74.3 cm³/mol. The van der Waals surface area contributed by atoms with Gasteiger partial charge in [0.05, 0.1) is 14.2 Å². The van der Waals surface area contributed by atoms with Crippen LogP contribution in [0.5, 0.6) is 11.5 Å². The minimum Gasteiger partial charge on any atom is -0.504 e. The van der Waals surface area contributed by atoms with E-state index in [1.807, 2.05) is 0 Å². The van der Waals surface area contributed by atoms with E-state index in [1.165, 1.54) is 25.3 Å². The molecule has 120 valence electrons. The number of phenolic OH excluding ortho intramolecular Hbond substituents is 1. The fourth-order valence-electron chi connectivity index (χ4n) is 1.72. The van der Waals surface area contributed by atoms with Crippen molar-refractivity contribution in [1.82, 2.24) is 0 Å². The molecule has 0 saturated carbocycles. The Kier molecular flexibility index (Phi) is 5.90. The van der Waals surface area contributed by atoms with Gasteiger partial charge in [-0.05, 0) is 23.8 Å². The van der Waals surface area contributed by atoms with E-state index in [2.05, 4.69) is 4.74 Å². The first-order valence-corrected chi connectivity index (χ1v) is 6.07. The van der Waals surface area contributed by atoms with Crippen LogP contribution in [0, 0.1) is 0 Å². The van der Waals surface area contributed by atoms with Crippen molar-refractivity contribution < 1.29 is 39.5 Å². The lowest BCUT2D eigenvalue weighted by atomic mass is 9.99. The van der Waals surface area contributed by atoms with Gasteiger partial charge < -0.3 is 29.9 Å². The Morgan fingerprint density at radius 3 is 2.36 bits per heavy atom. The van der Waals surface area contributed by atoms with Gasteiger partial charge in [-0.25, -0.2) is 9.59 Å². The first kappa shape index (κ1) is 17.5. The van der Waals surface area contributed by atoms with Crippen LogP contribution in [0.15, 0.2) is 18.2 Å². The zero-order chi connectivity index (χ0) is 16.9.